The molecular formula is C20H19ClN4O3S. The number of hydrogen-bond donors (Lipinski definition) is 1. The van der Waals surface area contributed by atoms with E-state index < -0.39 is 5.97 Å². The van der Waals surface area contributed by atoms with Crippen molar-refractivity contribution in [2.24, 2.45) is 0 Å². The zero-order valence-electron chi connectivity index (χ0n) is 15.8. The molecule has 0 spiro atoms. The summed E-state index contributed by atoms with van der Waals surface area (Å²) in [6.45, 7) is 2.16. The normalized spacial score (nSPS) is 11.7. The minimum absolute atomic E-state index is 0.132. The first kappa shape index (κ1) is 20.9. The highest BCUT2D eigenvalue weighted by Crippen LogP contribution is 2.25. The molecule has 0 fully saturated rings. The van der Waals surface area contributed by atoms with Crippen molar-refractivity contribution < 1.29 is 14.3 Å². The number of esters is 1. The molecule has 1 unspecified atom stereocenters. The lowest BCUT2D eigenvalue weighted by Gasteiger charge is -2.13. The van der Waals surface area contributed by atoms with E-state index in [0.717, 1.165) is 11.3 Å². The van der Waals surface area contributed by atoms with Crippen molar-refractivity contribution in [2.45, 2.75) is 23.9 Å². The van der Waals surface area contributed by atoms with Crippen molar-refractivity contribution >= 4 is 35.2 Å². The molecule has 9 heteroatoms. The first-order valence-corrected chi connectivity index (χ1v) is 10.0. The van der Waals surface area contributed by atoms with Gasteiger partial charge in [0.2, 0.25) is 5.91 Å². The highest BCUT2D eigenvalue weighted by Gasteiger charge is 2.18. The van der Waals surface area contributed by atoms with Crippen molar-refractivity contribution in [1.29, 1.82) is 0 Å². The average Bonchev–Trinajstić information content (AvgIpc) is 3.19. The van der Waals surface area contributed by atoms with E-state index in [1.165, 1.54) is 18.9 Å². The van der Waals surface area contributed by atoms with Gasteiger partial charge in [-0.2, -0.15) is 0 Å². The summed E-state index contributed by atoms with van der Waals surface area (Å²) < 4.78 is 6.46. The first-order chi connectivity index (χ1) is 14.0. The smallest absolute Gasteiger partial charge is 0.337 e. The van der Waals surface area contributed by atoms with Crippen molar-refractivity contribution in [2.75, 3.05) is 7.11 Å². The Balaban J connectivity index is 1.59. The fourth-order valence-electron chi connectivity index (χ4n) is 2.53. The molecule has 0 aliphatic carbocycles. The number of carbonyl (C=O) groups excluding carboxylic acids is 2. The molecule has 1 aromatic heterocycles. The number of aromatic nitrogens is 3. The van der Waals surface area contributed by atoms with E-state index in [0.29, 0.717) is 22.3 Å². The highest BCUT2D eigenvalue weighted by atomic mass is 35.5. The number of carbonyl (C=O) groups is 2. The summed E-state index contributed by atoms with van der Waals surface area (Å²) >= 11 is 7.36. The van der Waals surface area contributed by atoms with E-state index >= 15 is 0 Å². The third-order valence-corrected chi connectivity index (χ3v) is 5.39. The number of thioether (sulfide) groups is 1. The Labute approximate surface area is 177 Å². The van der Waals surface area contributed by atoms with Gasteiger partial charge in [0.25, 0.3) is 0 Å². The summed E-state index contributed by atoms with van der Waals surface area (Å²) in [4.78, 5) is 23.9. The van der Waals surface area contributed by atoms with Crippen LogP contribution in [-0.4, -0.2) is 39.0 Å². The summed E-state index contributed by atoms with van der Waals surface area (Å²) in [5.74, 6) is -0.526. The largest absolute Gasteiger partial charge is 0.465 e. The molecule has 0 aliphatic rings. The maximum Gasteiger partial charge on any atom is 0.337 e. The second kappa shape index (κ2) is 9.58. The SMILES string of the molecule is COC(=O)c1ccc(CNC(=O)C(C)Sc2nncn2-c2cccc(Cl)c2)cc1. The number of nitrogens with zero attached hydrogens (tertiary/aromatic N) is 3. The molecule has 0 bridgehead atoms. The summed E-state index contributed by atoms with van der Waals surface area (Å²) in [6, 6.07) is 14.2. The van der Waals surface area contributed by atoms with Crippen molar-refractivity contribution in [1.82, 2.24) is 20.1 Å². The van der Waals surface area contributed by atoms with E-state index in [2.05, 4.69) is 20.3 Å². The zero-order chi connectivity index (χ0) is 20.8. The van der Waals surface area contributed by atoms with E-state index in [4.69, 9.17) is 11.6 Å². The maximum absolute atomic E-state index is 12.5. The van der Waals surface area contributed by atoms with E-state index in [9.17, 15) is 9.59 Å². The predicted molar refractivity (Wildman–Crippen MR) is 111 cm³/mol. The maximum atomic E-state index is 12.5. The Hall–Kier alpha value is -2.84. The predicted octanol–water partition coefficient (Wildman–Crippen LogP) is 3.50. The molecule has 150 valence electrons. The average molecular weight is 431 g/mol. The highest BCUT2D eigenvalue weighted by molar-refractivity contribution is 8.00. The van der Waals surface area contributed by atoms with Crippen LogP contribution in [0.2, 0.25) is 5.02 Å². The van der Waals surface area contributed by atoms with Gasteiger partial charge >= 0.3 is 5.97 Å². The van der Waals surface area contributed by atoms with Crippen LogP contribution < -0.4 is 5.32 Å². The van der Waals surface area contributed by atoms with Crippen LogP contribution in [0.3, 0.4) is 0 Å². The number of methoxy groups -OCH3 is 1. The first-order valence-electron chi connectivity index (χ1n) is 8.75. The standard InChI is InChI=1S/C20H19ClN4O3S/c1-13(18(26)22-11-14-6-8-15(9-7-14)19(27)28-2)29-20-24-23-12-25(20)17-5-3-4-16(21)10-17/h3-10,12-13H,11H2,1-2H3,(H,22,26). The van der Waals surface area contributed by atoms with Crippen molar-refractivity contribution in [3.8, 4) is 5.69 Å². The molecule has 0 saturated carbocycles. The van der Waals surface area contributed by atoms with Crippen LogP contribution in [0.15, 0.2) is 60.0 Å². The third kappa shape index (κ3) is 5.36. The minimum Gasteiger partial charge on any atom is -0.465 e. The van der Waals surface area contributed by atoms with Gasteiger partial charge < -0.3 is 10.1 Å². The van der Waals surface area contributed by atoms with Crippen LogP contribution in [-0.2, 0) is 16.1 Å². The van der Waals surface area contributed by atoms with Gasteiger partial charge in [0, 0.05) is 11.6 Å². The summed E-state index contributed by atoms with van der Waals surface area (Å²) in [5, 5.41) is 11.8. The van der Waals surface area contributed by atoms with Gasteiger partial charge in [0.1, 0.15) is 6.33 Å². The van der Waals surface area contributed by atoms with Crippen LogP contribution in [0.4, 0.5) is 0 Å². The Kier molecular flexibility index (Phi) is 6.90. The van der Waals surface area contributed by atoms with E-state index in [1.807, 2.05) is 12.1 Å². The van der Waals surface area contributed by atoms with Gasteiger partial charge in [-0.15, -0.1) is 10.2 Å². The molecule has 0 aliphatic heterocycles. The summed E-state index contributed by atoms with van der Waals surface area (Å²) in [7, 11) is 1.34. The number of ether oxygens (including phenoxy) is 1. The Morgan fingerprint density at radius 2 is 2.00 bits per heavy atom. The Morgan fingerprint density at radius 1 is 1.24 bits per heavy atom. The molecule has 2 aromatic carbocycles. The van der Waals surface area contributed by atoms with Gasteiger partial charge in [0.15, 0.2) is 5.16 Å². The molecule has 1 atom stereocenters. The number of hydrogen-bond acceptors (Lipinski definition) is 6. The molecule has 1 amide bonds. The third-order valence-electron chi connectivity index (χ3n) is 4.10. The summed E-state index contributed by atoms with van der Waals surface area (Å²) in [5.41, 5.74) is 2.17. The second-order valence-electron chi connectivity index (χ2n) is 6.13. The van der Waals surface area contributed by atoms with Crippen LogP contribution in [0.5, 0.6) is 0 Å². The van der Waals surface area contributed by atoms with Crippen LogP contribution in [0.25, 0.3) is 5.69 Å². The molecular weight excluding hydrogens is 412 g/mol. The van der Waals surface area contributed by atoms with Gasteiger partial charge in [-0.05, 0) is 42.8 Å². The van der Waals surface area contributed by atoms with Gasteiger partial charge in [-0.3, -0.25) is 9.36 Å². The quantitative estimate of drug-likeness (QED) is 0.456. The minimum atomic E-state index is -0.394. The fourth-order valence-corrected chi connectivity index (χ4v) is 3.58. The Bertz CT molecular complexity index is 1010. The molecule has 3 rings (SSSR count). The lowest BCUT2D eigenvalue weighted by atomic mass is 10.1. The number of nitrogens with one attached hydrogen (secondary N) is 1. The molecule has 0 radical (unpaired) electrons. The van der Waals surface area contributed by atoms with Gasteiger partial charge in [-0.25, -0.2) is 4.79 Å². The molecule has 1 N–H and O–H groups in total. The fraction of sp³-hybridized carbons (Fsp3) is 0.200. The van der Waals surface area contributed by atoms with Crippen LogP contribution >= 0.6 is 23.4 Å². The van der Waals surface area contributed by atoms with Crippen molar-refractivity contribution in [3.05, 3.63) is 71.0 Å². The number of rotatable bonds is 7. The molecule has 3 aromatic rings. The Morgan fingerprint density at radius 3 is 2.69 bits per heavy atom. The monoisotopic (exact) mass is 430 g/mol. The number of halogens is 1. The van der Waals surface area contributed by atoms with E-state index in [-0.39, 0.29) is 11.2 Å². The van der Waals surface area contributed by atoms with Crippen LogP contribution in [0.1, 0.15) is 22.8 Å². The van der Waals surface area contributed by atoms with E-state index in [1.54, 1.807) is 54.2 Å². The zero-order valence-corrected chi connectivity index (χ0v) is 17.4. The molecule has 7 nitrogen and oxygen atoms in total. The van der Waals surface area contributed by atoms with Gasteiger partial charge in [0.05, 0.1) is 23.6 Å². The number of amides is 1. The lowest BCUT2D eigenvalue weighted by Crippen LogP contribution is -2.30. The molecule has 0 saturated heterocycles. The second-order valence-corrected chi connectivity index (χ2v) is 7.87. The molecule has 1 heterocycles. The van der Waals surface area contributed by atoms with Gasteiger partial charge in [-0.1, -0.05) is 41.6 Å². The lowest BCUT2D eigenvalue weighted by molar-refractivity contribution is -0.120. The van der Waals surface area contributed by atoms with Crippen molar-refractivity contribution in [3.63, 3.8) is 0 Å². The molecule has 29 heavy (non-hydrogen) atoms. The summed E-state index contributed by atoms with van der Waals surface area (Å²) in [6.07, 6.45) is 1.58. The number of benzene rings is 2. The van der Waals surface area contributed by atoms with Crippen LogP contribution in [0, 0.1) is 0 Å². The topological polar surface area (TPSA) is 86.1 Å².